The van der Waals surface area contributed by atoms with Crippen molar-refractivity contribution in [2.75, 3.05) is 30.3 Å². The van der Waals surface area contributed by atoms with Crippen molar-refractivity contribution in [1.82, 2.24) is 10.3 Å². The second-order valence-corrected chi connectivity index (χ2v) is 8.87. The number of pyridine rings is 1. The molecule has 34 heavy (non-hydrogen) atoms. The van der Waals surface area contributed by atoms with Gasteiger partial charge in [0.2, 0.25) is 5.91 Å². The van der Waals surface area contributed by atoms with Crippen LogP contribution in [0.5, 0.6) is 0 Å². The van der Waals surface area contributed by atoms with E-state index in [-0.39, 0.29) is 18.7 Å². The molecule has 1 unspecified atom stereocenters. The Labute approximate surface area is 200 Å². The maximum absolute atomic E-state index is 11.9. The van der Waals surface area contributed by atoms with E-state index in [4.69, 9.17) is 10.1 Å². The number of piperidine rings is 1. The van der Waals surface area contributed by atoms with Gasteiger partial charge in [-0.15, -0.1) is 0 Å². The molecule has 178 valence electrons. The number of rotatable bonds is 10. The number of nitrogens with one attached hydrogen (secondary N) is 3. The maximum Gasteiger partial charge on any atom is 0.303 e. The molecule has 1 atom stereocenters. The van der Waals surface area contributed by atoms with Gasteiger partial charge < -0.3 is 21.1 Å². The fourth-order valence-corrected chi connectivity index (χ4v) is 4.42. The number of fused-ring (bicyclic) bond motifs is 1. The highest BCUT2D eigenvalue weighted by atomic mass is 16.4. The Kier molecular flexibility index (Phi) is 8.09. The van der Waals surface area contributed by atoms with E-state index in [0.717, 1.165) is 59.8 Å². The van der Waals surface area contributed by atoms with Gasteiger partial charge in [0.25, 0.3) is 0 Å². The first-order valence-electron chi connectivity index (χ1n) is 12.0. The van der Waals surface area contributed by atoms with Crippen molar-refractivity contribution in [1.29, 1.82) is 0 Å². The van der Waals surface area contributed by atoms with Gasteiger partial charge in [0.05, 0.1) is 17.6 Å². The van der Waals surface area contributed by atoms with Crippen molar-refractivity contribution >= 4 is 34.2 Å². The van der Waals surface area contributed by atoms with Gasteiger partial charge in [0.1, 0.15) is 0 Å². The molecular weight excluding hydrogens is 428 g/mol. The van der Waals surface area contributed by atoms with E-state index >= 15 is 0 Å². The van der Waals surface area contributed by atoms with Gasteiger partial charge >= 0.3 is 5.97 Å². The molecule has 4 N–H and O–H groups in total. The van der Waals surface area contributed by atoms with Gasteiger partial charge in [0, 0.05) is 35.3 Å². The van der Waals surface area contributed by atoms with Crippen molar-refractivity contribution in [2.24, 2.45) is 5.92 Å². The van der Waals surface area contributed by atoms with Crippen molar-refractivity contribution in [3.05, 3.63) is 54.6 Å². The minimum absolute atomic E-state index is 0.0460. The summed E-state index contributed by atoms with van der Waals surface area (Å²) < 4.78 is 0. The number of aromatic nitrogens is 1. The number of carbonyl (C=O) groups excluding carboxylic acids is 1. The molecule has 1 aliphatic heterocycles. The molecule has 1 amide bonds. The van der Waals surface area contributed by atoms with E-state index < -0.39 is 5.97 Å². The molecule has 1 aliphatic rings. The quantitative estimate of drug-likeness (QED) is 0.321. The zero-order chi connectivity index (χ0) is 23.8. The van der Waals surface area contributed by atoms with Crippen LogP contribution in [-0.2, 0) is 9.59 Å². The third-order valence-corrected chi connectivity index (χ3v) is 6.25. The topological polar surface area (TPSA) is 103 Å². The van der Waals surface area contributed by atoms with E-state index in [1.807, 2.05) is 42.5 Å². The van der Waals surface area contributed by atoms with Crippen LogP contribution in [0.2, 0.25) is 0 Å². The van der Waals surface area contributed by atoms with Gasteiger partial charge in [-0.3, -0.25) is 9.59 Å². The van der Waals surface area contributed by atoms with Crippen LogP contribution in [0.15, 0.2) is 54.6 Å². The monoisotopic (exact) mass is 460 g/mol. The van der Waals surface area contributed by atoms with E-state index in [9.17, 15) is 9.59 Å². The van der Waals surface area contributed by atoms with Crippen LogP contribution >= 0.6 is 0 Å². The second-order valence-electron chi connectivity index (χ2n) is 8.87. The number of nitrogens with zero attached hydrogens (tertiary/aromatic N) is 1. The Morgan fingerprint density at radius 3 is 2.68 bits per heavy atom. The molecule has 2 aromatic carbocycles. The third kappa shape index (κ3) is 6.54. The van der Waals surface area contributed by atoms with Crippen molar-refractivity contribution in [3.63, 3.8) is 0 Å². The second kappa shape index (κ2) is 11.6. The summed E-state index contributed by atoms with van der Waals surface area (Å²) in [5.41, 5.74) is 4.46. The molecule has 0 radical (unpaired) electrons. The van der Waals surface area contributed by atoms with Crippen LogP contribution in [0.4, 0.5) is 11.4 Å². The Hall–Kier alpha value is -3.45. The summed E-state index contributed by atoms with van der Waals surface area (Å²) in [5.74, 6) is -0.513. The Morgan fingerprint density at radius 2 is 1.91 bits per heavy atom. The first kappa shape index (κ1) is 23.7. The van der Waals surface area contributed by atoms with E-state index in [0.29, 0.717) is 5.69 Å². The third-order valence-electron chi connectivity index (χ3n) is 6.25. The number of hydrogen-bond donors (Lipinski definition) is 4. The number of para-hydroxylation sites is 1. The van der Waals surface area contributed by atoms with E-state index in [1.165, 1.54) is 19.3 Å². The summed E-state index contributed by atoms with van der Waals surface area (Å²) in [6.07, 6.45) is 4.74. The lowest BCUT2D eigenvalue weighted by molar-refractivity contribution is -0.138. The van der Waals surface area contributed by atoms with Crippen LogP contribution in [0.3, 0.4) is 0 Å². The SMILES string of the molecule is O=C(O)CCC(=O)Nc1ccc(-c2cc(NCCCC3CCCNC3)c3ccccc3n2)cc1. The molecule has 0 aliphatic carbocycles. The first-order valence-corrected chi connectivity index (χ1v) is 12.0. The molecule has 2 heterocycles. The van der Waals surface area contributed by atoms with Crippen molar-refractivity contribution < 1.29 is 14.7 Å². The number of anilines is 2. The molecule has 0 spiro atoms. The Morgan fingerprint density at radius 1 is 1.09 bits per heavy atom. The molecule has 3 aromatic rings. The lowest BCUT2D eigenvalue weighted by Gasteiger charge is -2.22. The fourth-order valence-electron chi connectivity index (χ4n) is 4.42. The highest BCUT2D eigenvalue weighted by Gasteiger charge is 2.13. The first-order chi connectivity index (χ1) is 16.6. The Bertz CT molecular complexity index is 1120. The summed E-state index contributed by atoms with van der Waals surface area (Å²) >= 11 is 0. The molecule has 1 fully saturated rings. The number of carbonyl (C=O) groups is 2. The molecule has 1 aromatic heterocycles. The number of carboxylic acid groups (broad SMARTS) is 1. The lowest BCUT2D eigenvalue weighted by Crippen LogP contribution is -2.29. The molecule has 4 rings (SSSR count). The van der Waals surface area contributed by atoms with Gasteiger partial charge in [-0.1, -0.05) is 30.3 Å². The largest absolute Gasteiger partial charge is 0.481 e. The zero-order valence-corrected chi connectivity index (χ0v) is 19.3. The molecular formula is C27H32N4O3. The number of benzene rings is 2. The van der Waals surface area contributed by atoms with Crippen LogP contribution in [0.25, 0.3) is 22.2 Å². The zero-order valence-electron chi connectivity index (χ0n) is 19.3. The van der Waals surface area contributed by atoms with E-state index in [1.54, 1.807) is 0 Å². The standard InChI is InChI=1S/C27H32N4O3/c32-26(13-14-27(33)34)30-21-11-9-20(10-12-21)24-17-25(22-7-1-2-8-23(22)31-24)29-16-4-6-19-5-3-15-28-18-19/h1-2,7-12,17,19,28H,3-6,13-16,18H2,(H,29,31)(H,30,32)(H,33,34). The van der Waals surface area contributed by atoms with Gasteiger partial charge in [0.15, 0.2) is 0 Å². The number of aliphatic carboxylic acids is 1. The number of hydrogen-bond acceptors (Lipinski definition) is 5. The minimum atomic E-state index is -0.983. The van der Waals surface area contributed by atoms with Crippen LogP contribution in [0, 0.1) is 5.92 Å². The average Bonchev–Trinajstić information content (AvgIpc) is 2.86. The predicted molar refractivity (Wildman–Crippen MR) is 136 cm³/mol. The van der Waals surface area contributed by atoms with E-state index in [2.05, 4.69) is 28.1 Å². The highest BCUT2D eigenvalue weighted by Crippen LogP contribution is 2.29. The normalized spacial score (nSPS) is 15.7. The summed E-state index contributed by atoms with van der Waals surface area (Å²) in [6, 6.07) is 17.7. The highest BCUT2D eigenvalue weighted by molar-refractivity contribution is 5.94. The summed E-state index contributed by atoms with van der Waals surface area (Å²) in [7, 11) is 0. The smallest absolute Gasteiger partial charge is 0.303 e. The van der Waals surface area contributed by atoms with Crippen LogP contribution in [0.1, 0.15) is 38.5 Å². The summed E-state index contributed by atoms with van der Waals surface area (Å²) in [5, 5.41) is 19.7. The maximum atomic E-state index is 11.9. The minimum Gasteiger partial charge on any atom is -0.481 e. The van der Waals surface area contributed by atoms with Crippen LogP contribution < -0.4 is 16.0 Å². The number of carboxylic acids is 1. The van der Waals surface area contributed by atoms with Gasteiger partial charge in [-0.2, -0.15) is 0 Å². The molecule has 1 saturated heterocycles. The molecule has 0 saturated carbocycles. The van der Waals surface area contributed by atoms with Gasteiger partial charge in [-0.05, 0) is 69.0 Å². The Balaban J connectivity index is 1.43. The van der Waals surface area contributed by atoms with Gasteiger partial charge in [-0.25, -0.2) is 4.98 Å². The van der Waals surface area contributed by atoms with Crippen molar-refractivity contribution in [2.45, 2.75) is 38.5 Å². The fraction of sp³-hybridized carbons (Fsp3) is 0.370. The number of amides is 1. The molecule has 7 heteroatoms. The molecule has 7 nitrogen and oxygen atoms in total. The average molecular weight is 461 g/mol. The predicted octanol–water partition coefficient (Wildman–Crippen LogP) is 4.90. The van der Waals surface area contributed by atoms with Crippen LogP contribution in [-0.4, -0.2) is 41.6 Å². The lowest BCUT2D eigenvalue weighted by atomic mass is 9.95. The summed E-state index contributed by atoms with van der Waals surface area (Å²) in [4.78, 5) is 27.4. The summed E-state index contributed by atoms with van der Waals surface area (Å²) in [6.45, 7) is 3.21. The molecule has 0 bridgehead atoms. The van der Waals surface area contributed by atoms with Crippen molar-refractivity contribution in [3.8, 4) is 11.3 Å².